The van der Waals surface area contributed by atoms with Crippen LogP contribution in [0.2, 0.25) is 0 Å². The van der Waals surface area contributed by atoms with Gasteiger partial charge in [0.1, 0.15) is 0 Å². The molecule has 3 rings (SSSR count). The van der Waals surface area contributed by atoms with Gasteiger partial charge in [-0.05, 0) is 25.0 Å². The van der Waals surface area contributed by atoms with Crippen LogP contribution in [0.1, 0.15) is 18.4 Å². The average molecular weight is 329 g/mol. The molecule has 1 aliphatic heterocycles. The average Bonchev–Trinajstić information content (AvgIpc) is 2.90. The Hall–Kier alpha value is -1.83. The van der Waals surface area contributed by atoms with Gasteiger partial charge in [0, 0.05) is 13.1 Å². The number of fused-ring (bicyclic) bond motifs is 1. The monoisotopic (exact) mass is 329 g/mol. The number of carbonyl (C=O) groups is 1. The summed E-state index contributed by atoms with van der Waals surface area (Å²) in [6.07, 6.45) is -2.94. The minimum atomic E-state index is -4.43. The molecular weight excluding hydrogens is 315 g/mol. The predicted molar refractivity (Wildman–Crippen MR) is 78.8 cm³/mol. The number of aromatic nitrogens is 1. The number of thiazole rings is 1. The fraction of sp³-hybridized carbons (Fsp3) is 0.429. The van der Waals surface area contributed by atoms with Crippen molar-refractivity contribution in [2.24, 2.45) is 11.7 Å². The zero-order valence-electron chi connectivity index (χ0n) is 11.6. The van der Waals surface area contributed by atoms with Gasteiger partial charge in [-0.3, -0.25) is 4.79 Å². The van der Waals surface area contributed by atoms with E-state index in [-0.39, 0.29) is 17.3 Å². The van der Waals surface area contributed by atoms with Gasteiger partial charge in [-0.1, -0.05) is 17.4 Å². The Morgan fingerprint density at radius 2 is 2.18 bits per heavy atom. The fourth-order valence-electron chi connectivity index (χ4n) is 2.68. The normalized spacial score (nSPS) is 19.6. The van der Waals surface area contributed by atoms with E-state index in [9.17, 15) is 18.0 Å². The van der Waals surface area contributed by atoms with Gasteiger partial charge in [0.05, 0.1) is 21.7 Å². The second-order valence-corrected chi connectivity index (χ2v) is 6.34. The van der Waals surface area contributed by atoms with Crippen LogP contribution in [0, 0.1) is 5.92 Å². The zero-order chi connectivity index (χ0) is 15.9. The third-order valence-corrected chi connectivity index (χ3v) is 4.89. The molecule has 1 aromatic heterocycles. The van der Waals surface area contributed by atoms with Gasteiger partial charge >= 0.3 is 6.18 Å². The largest absolute Gasteiger partial charge is 0.418 e. The SMILES string of the molecule is NC(=O)C1CCCN(c2nc3c(C(F)(F)F)cccc3s2)C1. The second-order valence-electron chi connectivity index (χ2n) is 5.33. The maximum Gasteiger partial charge on any atom is 0.418 e. The van der Waals surface area contributed by atoms with Gasteiger partial charge in [-0.25, -0.2) is 4.98 Å². The van der Waals surface area contributed by atoms with Crippen LogP contribution in [0.4, 0.5) is 18.3 Å². The minimum Gasteiger partial charge on any atom is -0.369 e. The number of piperidine rings is 1. The highest BCUT2D eigenvalue weighted by molar-refractivity contribution is 7.22. The van der Waals surface area contributed by atoms with Gasteiger partial charge in [0.25, 0.3) is 0 Å². The van der Waals surface area contributed by atoms with Crippen LogP contribution in [0.15, 0.2) is 18.2 Å². The van der Waals surface area contributed by atoms with Gasteiger partial charge in [0.15, 0.2) is 5.13 Å². The Balaban J connectivity index is 1.97. The van der Waals surface area contributed by atoms with E-state index in [0.29, 0.717) is 29.3 Å². The highest BCUT2D eigenvalue weighted by Crippen LogP contribution is 2.39. The third-order valence-electron chi connectivity index (χ3n) is 3.81. The molecule has 8 heteroatoms. The molecule has 2 aromatic rings. The number of alkyl halides is 3. The molecule has 1 amide bonds. The van der Waals surface area contributed by atoms with Crippen molar-refractivity contribution in [3.8, 4) is 0 Å². The van der Waals surface area contributed by atoms with Crippen LogP contribution in [0.25, 0.3) is 10.2 Å². The molecule has 1 aromatic carbocycles. The summed E-state index contributed by atoms with van der Waals surface area (Å²) in [6.45, 7) is 1.08. The quantitative estimate of drug-likeness (QED) is 0.921. The molecule has 1 atom stereocenters. The summed E-state index contributed by atoms with van der Waals surface area (Å²) in [5.74, 6) is -0.648. The lowest BCUT2D eigenvalue weighted by molar-refractivity contribution is -0.136. The number of hydrogen-bond acceptors (Lipinski definition) is 4. The lowest BCUT2D eigenvalue weighted by Crippen LogP contribution is -2.41. The summed E-state index contributed by atoms with van der Waals surface area (Å²) in [5, 5.41) is 0.512. The Kier molecular flexibility index (Phi) is 3.72. The first-order valence-electron chi connectivity index (χ1n) is 6.87. The summed E-state index contributed by atoms with van der Waals surface area (Å²) in [5.41, 5.74) is 4.58. The van der Waals surface area contributed by atoms with Gasteiger partial charge < -0.3 is 10.6 Å². The molecule has 4 nitrogen and oxygen atoms in total. The molecule has 1 unspecified atom stereocenters. The fourth-order valence-corrected chi connectivity index (χ4v) is 3.71. The van der Waals surface area contributed by atoms with Crippen molar-refractivity contribution < 1.29 is 18.0 Å². The first-order chi connectivity index (χ1) is 10.4. The van der Waals surface area contributed by atoms with E-state index < -0.39 is 11.7 Å². The number of halogens is 3. The number of nitrogens with two attached hydrogens (primary N) is 1. The molecule has 0 aliphatic carbocycles. The molecule has 118 valence electrons. The van der Waals surface area contributed by atoms with E-state index in [1.165, 1.54) is 17.4 Å². The zero-order valence-corrected chi connectivity index (χ0v) is 12.4. The van der Waals surface area contributed by atoms with Crippen LogP contribution in [-0.4, -0.2) is 24.0 Å². The maximum absolute atomic E-state index is 13.0. The summed E-state index contributed by atoms with van der Waals surface area (Å²) in [7, 11) is 0. The smallest absolute Gasteiger partial charge is 0.369 e. The molecule has 22 heavy (non-hydrogen) atoms. The van der Waals surface area contributed by atoms with E-state index in [4.69, 9.17) is 5.73 Å². The van der Waals surface area contributed by atoms with Crippen LogP contribution < -0.4 is 10.6 Å². The van der Waals surface area contributed by atoms with Crippen molar-refractivity contribution in [2.45, 2.75) is 19.0 Å². The summed E-state index contributed by atoms with van der Waals surface area (Å²) < 4.78 is 39.6. The van der Waals surface area contributed by atoms with Gasteiger partial charge in [0.2, 0.25) is 5.91 Å². The molecule has 1 aliphatic rings. The van der Waals surface area contributed by atoms with Crippen molar-refractivity contribution in [3.05, 3.63) is 23.8 Å². The van der Waals surface area contributed by atoms with E-state index >= 15 is 0 Å². The lowest BCUT2D eigenvalue weighted by Gasteiger charge is -2.30. The standard InChI is InChI=1S/C14H14F3N3OS/c15-14(16,17)9-4-1-5-10-11(9)19-13(22-10)20-6-2-3-8(7-20)12(18)21/h1,4-5,8H,2-3,6-7H2,(H2,18,21). The van der Waals surface area contributed by atoms with Crippen LogP contribution in [0.3, 0.4) is 0 Å². The second kappa shape index (κ2) is 5.42. The van der Waals surface area contributed by atoms with E-state index in [1.54, 1.807) is 6.07 Å². The first-order valence-corrected chi connectivity index (χ1v) is 7.69. The number of amides is 1. The topological polar surface area (TPSA) is 59.2 Å². The Morgan fingerprint density at radius 3 is 2.86 bits per heavy atom. The van der Waals surface area contributed by atoms with Crippen molar-refractivity contribution in [1.82, 2.24) is 4.98 Å². The molecule has 0 bridgehead atoms. The molecule has 2 N–H and O–H groups in total. The molecular formula is C14H14F3N3OS. The van der Waals surface area contributed by atoms with Crippen molar-refractivity contribution in [3.63, 3.8) is 0 Å². The first kappa shape index (κ1) is 15.1. The summed E-state index contributed by atoms with van der Waals surface area (Å²) in [4.78, 5) is 17.3. The van der Waals surface area contributed by atoms with E-state index in [1.807, 2.05) is 4.90 Å². The lowest BCUT2D eigenvalue weighted by atomic mass is 9.98. The number of carbonyl (C=O) groups excluding carboxylic acids is 1. The maximum atomic E-state index is 13.0. The van der Waals surface area contributed by atoms with Crippen molar-refractivity contribution >= 4 is 32.6 Å². The van der Waals surface area contributed by atoms with Crippen molar-refractivity contribution in [1.29, 1.82) is 0 Å². The number of benzene rings is 1. The molecule has 1 fully saturated rings. The van der Waals surface area contributed by atoms with E-state index in [2.05, 4.69) is 4.98 Å². The molecule has 0 spiro atoms. The number of hydrogen-bond donors (Lipinski definition) is 1. The van der Waals surface area contributed by atoms with Crippen molar-refractivity contribution in [2.75, 3.05) is 18.0 Å². The highest BCUT2D eigenvalue weighted by Gasteiger charge is 2.34. The number of rotatable bonds is 2. The van der Waals surface area contributed by atoms with Crippen LogP contribution in [0.5, 0.6) is 0 Å². The predicted octanol–water partition coefficient (Wildman–Crippen LogP) is 3.02. The Bertz CT molecular complexity index is 713. The minimum absolute atomic E-state index is 0.0313. The molecule has 2 heterocycles. The van der Waals surface area contributed by atoms with E-state index in [0.717, 1.165) is 12.5 Å². The molecule has 0 radical (unpaired) electrons. The highest BCUT2D eigenvalue weighted by atomic mass is 32.1. The Morgan fingerprint density at radius 1 is 1.41 bits per heavy atom. The number of nitrogens with zero attached hydrogens (tertiary/aromatic N) is 2. The Labute approximate surface area is 128 Å². The third kappa shape index (κ3) is 2.75. The summed E-state index contributed by atoms with van der Waals surface area (Å²) >= 11 is 1.21. The number of para-hydroxylation sites is 1. The number of anilines is 1. The van der Waals surface area contributed by atoms with Crippen LogP contribution in [-0.2, 0) is 11.0 Å². The molecule has 0 saturated carbocycles. The number of primary amides is 1. The van der Waals surface area contributed by atoms with Gasteiger partial charge in [-0.2, -0.15) is 13.2 Å². The van der Waals surface area contributed by atoms with Crippen LogP contribution >= 0.6 is 11.3 Å². The van der Waals surface area contributed by atoms with Gasteiger partial charge in [-0.15, -0.1) is 0 Å². The summed E-state index contributed by atoms with van der Waals surface area (Å²) in [6, 6.07) is 4.05. The molecule has 1 saturated heterocycles.